The maximum absolute atomic E-state index is 12.7. The SMILES string of the molecule is C[C@H](Oc1ccccc1)C(=O)Nc1nc2ccc(S(=O)(=O)N3CCCC3)cc2s1. The minimum atomic E-state index is -3.49. The molecule has 1 fully saturated rings. The molecule has 9 heteroatoms. The number of hydrogen-bond acceptors (Lipinski definition) is 6. The van der Waals surface area contributed by atoms with Crippen LogP contribution in [0.4, 0.5) is 5.13 Å². The first kappa shape index (κ1) is 19.8. The molecule has 1 saturated heterocycles. The summed E-state index contributed by atoms with van der Waals surface area (Å²) in [4.78, 5) is 17.1. The molecule has 1 aliphatic heterocycles. The van der Waals surface area contributed by atoms with E-state index in [-0.39, 0.29) is 10.8 Å². The Labute approximate surface area is 173 Å². The molecule has 1 N–H and O–H groups in total. The number of carbonyl (C=O) groups is 1. The Kier molecular flexibility index (Phi) is 5.53. The highest BCUT2D eigenvalue weighted by Crippen LogP contribution is 2.30. The van der Waals surface area contributed by atoms with Crippen LogP contribution in [0.25, 0.3) is 10.2 Å². The number of aromatic nitrogens is 1. The van der Waals surface area contributed by atoms with E-state index >= 15 is 0 Å². The molecular weight excluding hydrogens is 410 g/mol. The highest BCUT2D eigenvalue weighted by molar-refractivity contribution is 7.89. The molecule has 0 saturated carbocycles. The number of ether oxygens (including phenoxy) is 1. The van der Waals surface area contributed by atoms with Gasteiger partial charge in [0.2, 0.25) is 10.0 Å². The molecule has 0 bridgehead atoms. The van der Waals surface area contributed by atoms with Gasteiger partial charge < -0.3 is 4.74 Å². The van der Waals surface area contributed by atoms with Gasteiger partial charge in [-0.1, -0.05) is 29.5 Å². The number of amides is 1. The van der Waals surface area contributed by atoms with E-state index < -0.39 is 16.1 Å². The number of nitrogens with one attached hydrogen (secondary N) is 1. The van der Waals surface area contributed by atoms with Gasteiger partial charge in [0.25, 0.3) is 5.91 Å². The fourth-order valence-corrected chi connectivity index (χ4v) is 5.69. The van der Waals surface area contributed by atoms with Crippen LogP contribution in [0.1, 0.15) is 19.8 Å². The van der Waals surface area contributed by atoms with Crippen molar-refractivity contribution in [3.63, 3.8) is 0 Å². The van der Waals surface area contributed by atoms with E-state index in [9.17, 15) is 13.2 Å². The zero-order valence-electron chi connectivity index (χ0n) is 15.9. The van der Waals surface area contributed by atoms with E-state index in [2.05, 4.69) is 10.3 Å². The van der Waals surface area contributed by atoms with Crippen LogP contribution in [0.15, 0.2) is 53.4 Å². The predicted molar refractivity (Wildman–Crippen MR) is 113 cm³/mol. The van der Waals surface area contributed by atoms with Crippen molar-refractivity contribution in [3.8, 4) is 5.75 Å². The second kappa shape index (κ2) is 8.10. The zero-order valence-corrected chi connectivity index (χ0v) is 17.5. The van der Waals surface area contributed by atoms with Gasteiger partial charge >= 0.3 is 0 Å². The Hall–Kier alpha value is -2.49. The Morgan fingerprint density at radius 1 is 1.17 bits per heavy atom. The lowest BCUT2D eigenvalue weighted by atomic mass is 10.3. The van der Waals surface area contributed by atoms with Crippen molar-refractivity contribution < 1.29 is 17.9 Å². The molecule has 1 atom stereocenters. The summed E-state index contributed by atoms with van der Waals surface area (Å²) in [5.41, 5.74) is 0.641. The normalized spacial score (nSPS) is 16.0. The third kappa shape index (κ3) is 4.26. The minimum Gasteiger partial charge on any atom is -0.481 e. The summed E-state index contributed by atoms with van der Waals surface area (Å²) in [5.74, 6) is 0.286. The topological polar surface area (TPSA) is 88.6 Å². The molecule has 29 heavy (non-hydrogen) atoms. The first-order valence-corrected chi connectivity index (χ1v) is 11.6. The average Bonchev–Trinajstić information content (AvgIpc) is 3.38. The van der Waals surface area contributed by atoms with Gasteiger partial charge in [0, 0.05) is 13.1 Å². The largest absolute Gasteiger partial charge is 0.481 e. The number of para-hydroxylation sites is 1. The third-order valence-corrected chi connectivity index (χ3v) is 7.55. The second-order valence-electron chi connectivity index (χ2n) is 6.82. The molecule has 1 aromatic heterocycles. The summed E-state index contributed by atoms with van der Waals surface area (Å²) in [6, 6.07) is 14.0. The van der Waals surface area contributed by atoms with E-state index in [4.69, 9.17) is 4.74 Å². The van der Waals surface area contributed by atoms with Gasteiger partial charge in [0.1, 0.15) is 5.75 Å². The first-order valence-electron chi connectivity index (χ1n) is 9.37. The van der Waals surface area contributed by atoms with Gasteiger partial charge in [0.05, 0.1) is 15.1 Å². The number of rotatable bonds is 6. The lowest BCUT2D eigenvalue weighted by molar-refractivity contribution is -0.122. The van der Waals surface area contributed by atoms with Crippen LogP contribution in [-0.4, -0.2) is 42.8 Å². The fourth-order valence-electron chi connectivity index (χ4n) is 3.16. The number of carbonyl (C=O) groups excluding carboxylic acids is 1. The van der Waals surface area contributed by atoms with Gasteiger partial charge in [-0.3, -0.25) is 10.1 Å². The molecule has 0 aliphatic carbocycles. The molecule has 0 unspecified atom stereocenters. The summed E-state index contributed by atoms with van der Waals surface area (Å²) in [6.45, 7) is 2.78. The van der Waals surface area contributed by atoms with Crippen molar-refractivity contribution >= 4 is 42.6 Å². The van der Waals surface area contributed by atoms with Crippen LogP contribution in [0, 0.1) is 0 Å². The fraction of sp³-hybridized carbons (Fsp3) is 0.300. The number of benzene rings is 2. The van der Waals surface area contributed by atoms with Gasteiger partial charge in [-0.25, -0.2) is 13.4 Å². The van der Waals surface area contributed by atoms with E-state index in [1.165, 1.54) is 15.6 Å². The molecule has 152 valence electrons. The lowest BCUT2D eigenvalue weighted by Gasteiger charge is -2.15. The van der Waals surface area contributed by atoms with Gasteiger partial charge in [-0.05, 0) is 50.1 Å². The van der Waals surface area contributed by atoms with Crippen molar-refractivity contribution in [3.05, 3.63) is 48.5 Å². The van der Waals surface area contributed by atoms with Crippen LogP contribution in [0.2, 0.25) is 0 Å². The van der Waals surface area contributed by atoms with Crippen molar-refractivity contribution in [1.82, 2.24) is 9.29 Å². The summed E-state index contributed by atoms with van der Waals surface area (Å²) in [6.07, 6.45) is 1.08. The summed E-state index contributed by atoms with van der Waals surface area (Å²) in [7, 11) is -3.49. The Morgan fingerprint density at radius 2 is 1.90 bits per heavy atom. The third-order valence-electron chi connectivity index (χ3n) is 4.72. The van der Waals surface area contributed by atoms with Crippen molar-refractivity contribution in [2.24, 2.45) is 0 Å². The Morgan fingerprint density at radius 3 is 2.62 bits per heavy atom. The monoisotopic (exact) mass is 431 g/mol. The highest BCUT2D eigenvalue weighted by Gasteiger charge is 2.27. The number of anilines is 1. The van der Waals surface area contributed by atoms with E-state index in [0.29, 0.717) is 34.2 Å². The molecule has 0 spiro atoms. The van der Waals surface area contributed by atoms with Gasteiger partial charge in [0.15, 0.2) is 11.2 Å². The summed E-state index contributed by atoms with van der Waals surface area (Å²) >= 11 is 1.24. The van der Waals surface area contributed by atoms with Crippen LogP contribution in [-0.2, 0) is 14.8 Å². The van der Waals surface area contributed by atoms with Gasteiger partial charge in [-0.15, -0.1) is 0 Å². The molecule has 3 aromatic rings. The van der Waals surface area contributed by atoms with E-state index in [1.807, 2.05) is 18.2 Å². The van der Waals surface area contributed by atoms with Crippen LogP contribution in [0.3, 0.4) is 0 Å². The van der Waals surface area contributed by atoms with Crippen molar-refractivity contribution in [2.75, 3.05) is 18.4 Å². The van der Waals surface area contributed by atoms with E-state index in [0.717, 1.165) is 12.8 Å². The lowest BCUT2D eigenvalue weighted by Crippen LogP contribution is -2.30. The van der Waals surface area contributed by atoms with Gasteiger partial charge in [-0.2, -0.15) is 4.31 Å². The minimum absolute atomic E-state index is 0.259. The quantitative estimate of drug-likeness (QED) is 0.645. The number of hydrogen-bond donors (Lipinski definition) is 1. The Bertz CT molecular complexity index is 1120. The molecule has 0 radical (unpaired) electrons. The number of fused-ring (bicyclic) bond motifs is 1. The molecular formula is C20H21N3O4S2. The second-order valence-corrected chi connectivity index (χ2v) is 9.79. The van der Waals surface area contributed by atoms with Crippen molar-refractivity contribution in [1.29, 1.82) is 0 Å². The first-order chi connectivity index (χ1) is 13.9. The molecule has 7 nitrogen and oxygen atoms in total. The molecule has 4 rings (SSSR count). The molecule has 2 aromatic carbocycles. The molecule has 1 aliphatic rings. The average molecular weight is 432 g/mol. The summed E-state index contributed by atoms with van der Waals surface area (Å²) in [5, 5.41) is 3.15. The number of sulfonamides is 1. The standard InChI is InChI=1S/C20H21N3O4S2/c1-14(27-15-7-3-2-4-8-15)19(24)22-20-21-17-10-9-16(13-18(17)28-20)29(25,26)23-11-5-6-12-23/h2-4,7-10,13-14H,5-6,11-12H2,1H3,(H,21,22,24)/t14-/m0/s1. The molecule has 2 heterocycles. The van der Waals surface area contributed by atoms with E-state index in [1.54, 1.807) is 37.3 Å². The number of thiazole rings is 1. The van der Waals surface area contributed by atoms with Crippen LogP contribution < -0.4 is 10.1 Å². The zero-order chi connectivity index (χ0) is 20.4. The maximum atomic E-state index is 12.7. The van der Waals surface area contributed by atoms with Crippen molar-refractivity contribution in [2.45, 2.75) is 30.8 Å². The molecule has 1 amide bonds. The predicted octanol–water partition coefficient (Wildman–Crippen LogP) is 3.49. The number of nitrogens with zero attached hydrogens (tertiary/aromatic N) is 2. The maximum Gasteiger partial charge on any atom is 0.266 e. The Balaban J connectivity index is 1.49. The van der Waals surface area contributed by atoms with Crippen LogP contribution in [0.5, 0.6) is 5.75 Å². The smallest absolute Gasteiger partial charge is 0.266 e. The summed E-state index contributed by atoms with van der Waals surface area (Å²) < 4.78 is 33.3. The van der Waals surface area contributed by atoms with Crippen LogP contribution >= 0.6 is 11.3 Å². The highest BCUT2D eigenvalue weighted by atomic mass is 32.2.